The quantitative estimate of drug-likeness (QED) is 0.674. The molecule has 156 valence electrons. The van der Waals surface area contributed by atoms with Crippen LogP contribution in [0.3, 0.4) is 0 Å². The van der Waals surface area contributed by atoms with Crippen LogP contribution in [0.4, 0.5) is 5.82 Å². The summed E-state index contributed by atoms with van der Waals surface area (Å²) in [6.07, 6.45) is 2.17. The van der Waals surface area contributed by atoms with E-state index in [-0.39, 0.29) is 5.91 Å². The van der Waals surface area contributed by atoms with E-state index in [1.54, 1.807) is 11.8 Å². The molecule has 0 atom stereocenters. The van der Waals surface area contributed by atoms with E-state index in [9.17, 15) is 4.79 Å². The van der Waals surface area contributed by atoms with E-state index in [0.717, 1.165) is 43.1 Å². The summed E-state index contributed by atoms with van der Waals surface area (Å²) in [4.78, 5) is 14.9. The van der Waals surface area contributed by atoms with Gasteiger partial charge < -0.3 is 10.1 Å². The maximum atomic E-state index is 12.7. The van der Waals surface area contributed by atoms with E-state index in [4.69, 9.17) is 4.74 Å². The second-order valence-corrected chi connectivity index (χ2v) is 7.79. The number of nitrogens with zero attached hydrogens (tertiary/aromatic N) is 3. The van der Waals surface area contributed by atoms with Gasteiger partial charge in [0.15, 0.2) is 0 Å². The molecule has 0 spiro atoms. The molecule has 1 saturated heterocycles. The SMILES string of the molecule is COc1ccc(-n2nc(C)cc2NC(=O)CN2CCC(c3ccccc3)CC2)cc1. The van der Waals surface area contributed by atoms with Crippen molar-refractivity contribution in [1.29, 1.82) is 0 Å². The fraction of sp³-hybridized carbons (Fsp3) is 0.333. The van der Waals surface area contributed by atoms with E-state index >= 15 is 0 Å². The summed E-state index contributed by atoms with van der Waals surface area (Å²) in [7, 11) is 1.64. The molecule has 6 heteroatoms. The molecule has 0 unspecified atom stereocenters. The first-order chi connectivity index (χ1) is 14.6. The molecule has 2 aromatic carbocycles. The number of hydrogen-bond acceptors (Lipinski definition) is 4. The van der Waals surface area contributed by atoms with Crippen molar-refractivity contribution >= 4 is 11.7 Å². The molecule has 1 N–H and O–H groups in total. The first kappa shape index (κ1) is 20.2. The van der Waals surface area contributed by atoms with Crippen molar-refractivity contribution < 1.29 is 9.53 Å². The number of rotatable bonds is 6. The Morgan fingerprint density at radius 3 is 2.47 bits per heavy atom. The Labute approximate surface area is 177 Å². The Hall–Kier alpha value is -3.12. The molecule has 4 rings (SSSR count). The third kappa shape index (κ3) is 4.71. The van der Waals surface area contributed by atoms with Crippen LogP contribution >= 0.6 is 0 Å². The van der Waals surface area contributed by atoms with Crippen LogP contribution in [-0.2, 0) is 4.79 Å². The van der Waals surface area contributed by atoms with Crippen molar-refractivity contribution in [2.24, 2.45) is 0 Å². The minimum Gasteiger partial charge on any atom is -0.497 e. The van der Waals surface area contributed by atoms with Gasteiger partial charge in [0.1, 0.15) is 11.6 Å². The number of carbonyl (C=O) groups is 1. The van der Waals surface area contributed by atoms with E-state index in [2.05, 4.69) is 45.6 Å². The van der Waals surface area contributed by atoms with Gasteiger partial charge in [-0.15, -0.1) is 0 Å². The van der Waals surface area contributed by atoms with Gasteiger partial charge in [-0.2, -0.15) is 5.10 Å². The van der Waals surface area contributed by atoms with E-state index in [0.29, 0.717) is 18.3 Å². The molecule has 1 amide bonds. The monoisotopic (exact) mass is 404 g/mol. The van der Waals surface area contributed by atoms with Crippen LogP contribution in [-0.4, -0.2) is 47.3 Å². The highest BCUT2D eigenvalue weighted by molar-refractivity contribution is 5.91. The highest BCUT2D eigenvalue weighted by Gasteiger charge is 2.22. The second-order valence-electron chi connectivity index (χ2n) is 7.79. The maximum absolute atomic E-state index is 12.7. The van der Waals surface area contributed by atoms with Gasteiger partial charge in [-0.1, -0.05) is 30.3 Å². The van der Waals surface area contributed by atoms with Crippen LogP contribution < -0.4 is 10.1 Å². The van der Waals surface area contributed by atoms with E-state index < -0.39 is 0 Å². The van der Waals surface area contributed by atoms with Crippen LogP contribution in [0.25, 0.3) is 5.69 Å². The smallest absolute Gasteiger partial charge is 0.239 e. The lowest BCUT2D eigenvalue weighted by Gasteiger charge is -2.31. The number of carbonyl (C=O) groups excluding carboxylic acids is 1. The van der Waals surface area contributed by atoms with Gasteiger partial charge >= 0.3 is 0 Å². The van der Waals surface area contributed by atoms with Gasteiger partial charge in [0.25, 0.3) is 0 Å². The molecular formula is C24H28N4O2. The molecule has 0 aliphatic carbocycles. The molecule has 1 fully saturated rings. The molecule has 3 aromatic rings. The topological polar surface area (TPSA) is 59.4 Å². The zero-order valence-electron chi connectivity index (χ0n) is 17.5. The van der Waals surface area contributed by atoms with Gasteiger partial charge in [-0.05, 0) is 68.6 Å². The minimum absolute atomic E-state index is 0.0113. The first-order valence-corrected chi connectivity index (χ1v) is 10.4. The second kappa shape index (κ2) is 9.13. The largest absolute Gasteiger partial charge is 0.497 e. The predicted octanol–water partition coefficient (Wildman–Crippen LogP) is 4.01. The molecule has 1 aliphatic heterocycles. The van der Waals surface area contributed by atoms with Crippen LogP contribution in [0.2, 0.25) is 0 Å². The number of benzene rings is 2. The van der Waals surface area contributed by atoms with Crippen molar-refractivity contribution in [3.05, 3.63) is 71.9 Å². The Morgan fingerprint density at radius 2 is 1.80 bits per heavy atom. The van der Waals surface area contributed by atoms with Crippen LogP contribution in [0.5, 0.6) is 5.75 Å². The summed E-state index contributed by atoms with van der Waals surface area (Å²) in [5.41, 5.74) is 3.13. The number of hydrogen-bond donors (Lipinski definition) is 1. The number of aromatic nitrogens is 2. The zero-order chi connectivity index (χ0) is 20.9. The summed E-state index contributed by atoms with van der Waals surface area (Å²) in [6, 6.07) is 20.2. The number of ether oxygens (including phenoxy) is 1. The number of likely N-dealkylation sites (tertiary alicyclic amines) is 1. The number of nitrogens with one attached hydrogen (secondary N) is 1. The summed E-state index contributed by atoms with van der Waals surface area (Å²) >= 11 is 0. The van der Waals surface area contributed by atoms with Crippen molar-refractivity contribution in [3.8, 4) is 11.4 Å². The average molecular weight is 405 g/mol. The van der Waals surface area contributed by atoms with Gasteiger partial charge in [0.05, 0.1) is 25.0 Å². The Morgan fingerprint density at radius 1 is 1.10 bits per heavy atom. The Bertz CT molecular complexity index is 974. The summed E-state index contributed by atoms with van der Waals surface area (Å²) in [5, 5.41) is 7.56. The standard InChI is InChI=1S/C24H28N4O2/c1-18-16-23(28(26-18)21-8-10-22(30-2)11-9-21)25-24(29)17-27-14-12-20(13-15-27)19-6-4-3-5-7-19/h3-11,16,20H,12-15,17H2,1-2H3,(H,25,29). The van der Waals surface area contributed by atoms with Gasteiger partial charge in [0, 0.05) is 6.07 Å². The highest BCUT2D eigenvalue weighted by Crippen LogP contribution is 2.27. The van der Waals surface area contributed by atoms with Gasteiger partial charge in [0.2, 0.25) is 5.91 Å². The number of anilines is 1. The maximum Gasteiger partial charge on any atom is 0.239 e. The molecule has 6 nitrogen and oxygen atoms in total. The Kier molecular flexibility index (Phi) is 6.14. The van der Waals surface area contributed by atoms with Crippen molar-refractivity contribution in [2.75, 3.05) is 32.1 Å². The van der Waals surface area contributed by atoms with Crippen LogP contribution in [0.15, 0.2) is 60.7 Å². The number of piperidine rings is 1. The van der Waals surface area contributed by atoms with Gasteiger partial charge in [-0.3, -0.25) is 9.69 Å². The number of methoxy groups -OCH3 is 1. The Balaban J connectivity index is 1.36. The lowest BCUT2D eigenvalue weighted by atomic mass is 9.89. The molecule has 0 radical (unpaired) electrons. The molecule has 0 saturated carbocycles. The number of amides is 1. The van der Waals surface area contributed by atoms with Crippen LogP contribution in [0, 0.1) is 6.92 Å². The predicted molar refractivity (Wildman–Crippen MR) is 118 cm³/mol. The van der Waals surface area contributed by atoms with Crippen LogP contribution in [0.1, 0.15) is 30.0 Å². The molecule has 0 bridgehead atoms. The third-order valence-corrected chi connectivity index (χ3v) is 5.64. The minimum atomic E-state index is -0.0113. The van der Waals surface area contributed by atoms with E-state index in [1.807, 2.05) is 37.3 Å². The number of aryl methyl sites for hydroxylation is 1. The average Bonchev–Trinajstić information content (AvgIpc) is 3.14. The third-order valence-electron chi connectivity index (χ3n) is 5.64. The van der Waals surface area contributed by atoms with Gasteiger partial charge in [-0.25, -0.2) is 4.68 Å². The fourth-order valence-corrected chi connectivity index (χ4v) is 4.04. The van der Waals surface area contributed by atoms with Crippen molar-refractivity contribution in [1.82, 2.24) is 14.7 Å². The lowest BCUT2D eigenvalue weighted by molar-refractivity contribution is -0.117. The summed E-state index contributed by atoms with van der Waals surface area (Å²) in [5.74, 6) is 2.04. The van der Waals surface area contributed by atoms with Crippen molar-refractivity contribution in [3.63, 3.8) is 0 Å². The normalized spacial score (nSPS) is 15.1. The zero-order valence-corrected chi connectivity index (χ0v) is 17.5. The first-order valence-electron chi connectivity index (χ1n) is 10.4. The molecule has 2 heterocycles. The summed E-state index contributed by atoms with van der Waals surface area (Å²) < 4.78 is 6.98. The molecule has 1 aromatic heterocycles. The lowest BCUT2D eigenvalue weighted by Crippen LogP contribution is -2.39. The molecular weight excluding hydrogens is 376 g/mol. The fourth-order valence-electron chi connectivity index (χ4n) is 4.04. The molecule has 1 aliphatic rings. The highest BCUT2D eigenvalue weighted by atomic mass is 16.5. The molecule has 30 heavy (non-hydrogen) atoms. The summed E-state index contributed by atoms with van der Waals surface area (Å²) in [6.45, 7) is 4.19. The van der Waals surface area contributed by atoms with Crippen molar-refractivity contribution in [2.45, 2.75) is 25.7 Å². The van der Waals surface area contributed by atoms with E-state index in [1.165, 1.54) is 5.56 Å².